The van der Waals surface area contributed by atoms with Gasteiger partial charge in [0.1, 0.15) is 0 Å². The zero-order valence-corrected chi connectivity index (χ0v) is 15.0. The van der Waals surface area contributed by atoms with Gasteiger partial charge in [-0.3, -0.25) is 0 Å². The first-order valence-electron chi connectivity index (χ1n) is 6.28. The maximum absolute atomic E-state index is 6.29. The predicted molar refractivity (Wildman–Crippen MR) is 75.4 cm³/mol. The lowest BCUT2D eigenvalue weighted by atomic mass is 10.9. The van der Waals surface area contributed by atoms with E-state index in [1.165, 1.54) is 0 Å². The molecule has 0 aromatic heterocycles. The summed E-state index contributed by atoms with van der Waals surface area (Å²) in [6.45, 7) is 8.64. The molecular weight excluding hydrogens is 268 g/mol. The highest BCUT2D eigenvalue weighted by atomic mass is 28.5. The molecule has 0 bridgehead atoms. The van der Waals surface area contributed by atoms with E-state index >= 15 is 0 Å². The Kier molecular flexibility index (Phi) is 8.82. The summed E-state index contributed by atoms with van der Waals surface area (Å²) in [5.74, 6) is 0. The Labute approximate surface area is 111 Å². The normalized spacial score (nSPS) is 13.1. The molecule has 0 aliphatic heterocycles. The van der Waals surface area contributed by atoms with E-state index in [2.05, 4.69) is 27.7 Å². The van der Waals surface area contributed by atoms with Crippen LogP contribution in [0.25, 0.3) is 0 Å². The van der Waals surface area contributed by atoms with Crippen molar-refractivity contribution in [3.63, 3.8) is 0 Å². The minimum Gasteiger partial charge on any atom is -0.394 e. The van der Waals surface area contributed by atoms with Crippen molar-refractivity contribution in [2.24, 2.45) is 0 Å². The largest absolute Gasteiger partial charge is 0.657 e. The molecule has 0 heterocycles. The minimum absolute atomic E-state index is 0.379. The molecule has 0 aliphatic carbocycles. The lowest BCUT2D eigenvalue weighted by Crippen LogP contribution is -2.56. The lowest BCUT2D eigenvalue weighted by Gasteiger charge is -2.36. The van der Waals surface area contributed by atoms with Crippen molar-refractivity contribution in [2.75, 3.05) is 14.2 Å². The molecule has 0 atom stereocenters. The van der Waals surface area contributed by atoms with Gasteiger partial charge in [0.05, 0.1) is 0 Å². The first kappa shape index (κ1) is 17.5. The summed E-state index contributed by atoms with van der Waals surface area (Å²) < 4.78 is 23.0. The van der Waals surface area contributed by atoms with Crippen molar-refractivity contribution in [3.8, 4) is 0 Å². The Balaban J connectivity index is 4.81. The highest BCUT2D eigenvalue weighted by Gasteiger charge is 2.49. The predicted octanol–water partition coefficient (Wildman–Crippen LogP) is 2.81. The summed E-state index contributed by atoms with van der Waals surface area (Å²) in [5.41, 5.74) is 0. The van der Waals surface area contributed by atoms with E-state index in [0.717, 1.165) is 24.2 Å². The summed E-state index contributed by atoms with van der Waals surface area (Å²) in [7, 11) is -1.02. The van der Waals surface area contributed by atoms with Crippen molar-refractivity contribution in [1.82, 2.24) is 0 Å². The first-order chi connectivity index (χ1) is 8.07. The van der Waals surface area contributed by atoms with Crippen LogP contribution < -0.4 is 0 Å². The Hall–Kier alpha value is 0.491. The monoisotopic (exact) mass is 294 g/mol. The van der Waals surface area contributed by atoms with E-state index in [-0.39, 0.29) is 0 Å². The van der Waals surface area contributed by atoms with E-state index in [9.17, 15) is 0 Å². The molecule has 0 rings (SSSR count). The second-order valence-electron chi connectivity index (χ2n) is 3.85. The zero-order valence-electron chi connectivity index (χ0n) is 12.0. The fourth-order valence-corrected chi connectivity index (χ4v) is 10.3. The van der Waals surface area contributed by atoms with Gasteiger partial charge in [0.15, 0.2) is 8.32 Å². The Morgan fingerprint density at radius 3 is 1.65 bits per heavy atom. The minimum atomic E-state index is -2.89. The Morgan fingerprint density at radius 2 is 1.35 bits per heavy atom. The van der Waals surface area contributed by atoms with Crippen molar-refractivity contribution in [1.29, 1.82) is 0 Å². The average Bonchev–Trinajstić information content (AvgIpc) is 2.41. The summed E-state index contributed by atoms with van der Waals surface area (Å²) in [6, 6.07) is 4.17. The van der Waals surface area contributed by atoms with Crippen molar-refractivity contribution in [3.05, 3.63) is 0 Å². The SMILES string of the molecule is CC[Si]O[Si](OC)(OC)O[Si](CC)(CC)CC. The Bertz CT molecular complexity index is 188. The van der Waals surface area contributed by atoms with Crippen molar-refractivity contribution in [2.45, 2.75) is 51.9 Å². The fraction of sp³-hybridized carbons (Fsp3) is 1.00. The van der Waals surface area contributed by atoms with E-state index in [4.69, 9.17) is 17.1 Å². The van der Waals surface area contributed by atoms with Gasteiger partial charge in [0, 0.05) is 14.2 Å². The maximum atomic E-state index is 6.29. The lowest BCUT2D eigenvalue weighted by molar-refractivity contribution is 0.0798. The van der Waals surface area contributed by atoms with Gasteiger partial charge in [-0.1, -0.05) is 27.7 Å². The molecule has 0 aromatic rings. The smallest absolute Gasteiger partial charge is 0.394 e. The molecule has 0 saturated heterocycles. The quantitative estimate of drug-likeness (QED) is 0.581. The molecular formula is C10H26O4Si3. The molecule has 0 aromatic carbocycles. The molecule has 0 aliphatic rings. The number of hydrogen-bond acceptors (Lipinski definition) is 4. The van der Waals surface area contributed by atoms with Crippen LogP contribution in [0.4, 0.5) is 0 Å². The summed E-state index contributed by atoms with van der Waals surface area (Å²) >= 11 is 0. The van der Waals surface area contributed by atoms with E-state index in [0.29, 0.717) is 9.76 Å². The van der Waals surface area contributed by atoms with Crippen LogP contribution in [-0.2, 0) is 17.1 Å². The molecule has 2 radical (unpaired) electrons. The van der Waals surface area contributed by atoms with Gasteiger partial charge in [-0.25, -0.2) is 0 Å². The molecule has 0 fully saturated rings. The summed E-state index contributed by atoms with van der Waals surface area (Å²) in [4.78, 5) is 0. The molecule has 102 valence electrons. The van der Waals surface area contributed by atoms with Gasteiger partial charge in [-0.05, 0) is 24.2 Å². The van der Waals surface area contributed by atoms with E-state index < -0.39 is 17.4 Å². The van der Waals surface area contributed by atoms with Crippen LogP contribution in [0, 0.1) is 0 Å². The second kappa shape index (κ2) is 8.57. The molecule has 17 heavy (non-hydrogen) atoms. The van der Waals surface area contributed by atoms with Crippen molar-refractivity contribution >= 4 is 27.1 Å². The van der Waals surface area contributed by atoms with Crippen LogP contribution in [0.3, 0.4) is 0 Å². The Morgan fingerprint density at radius 1 is 0.882 bits per heavy atom. The topological polar surface area (TPSA) is 36.9 Å². The van der Waals surface area contributed by atoms with Gasteiger partial charge in [0.2, 0.25) is 9.76 Å². The third-order valence-corrected chi connectivity index (χ3v) is 12.6. The first-order valence-corrected chi connectivity index (χ1v) is 11.6. The zero-order chi connectivity index (χ0) is 13.4. The van der Waals surface area contributed by atoms with Crippen LogP contribution >= 0.6 is 0 Å². The van der Waals surface area contributed by atoms with Gasteiger partial charge in [0.25, 0.3) is 0 Å². The van der Waals surface area contributed by atoms with Gasteiger partial charge in [-0.15, -0.1) is 0 Å². The standard InChI is InChI=1S/C10H26O4Si3/c1-7-15-13-17(11-5,12-6)14-16(8-2,9-3)10-4/h7-10H2,1-6H3. The second-order valence-corrected chi connectivity index (χ2v) is 12.8. The van der Waals surface area contributed by atoms with Crippen molar-refractivity contribution < 1.29 is 17.1 Å². The highest BCUT2D eigenvalue weighted by Crippen LogP contribution is 2.27. The van der Waals surface area contributed by atoms with Crippen LogP contribution in [0.2, 0.25) is 24.2 Å². The van der Waals surface area contributed by atoms with Gasteiger partial charge < -0.3 is 17.1 Å². The van der Waals surface area contributed by atoms with E-state index in [1.807, 2.05) is 0 Å². The molecule has 0 unspecified atom stereocenters. The fourth-order valence-electron chi connectivity index (χ4n) is 1.66. The molecule has 7 heteroatoms. The maximum Gasteiger partial charge on any atom is 0.657 e. The summed E-state index contributed by atoms with van der Waals surface area (Å²) in [5, 5.41) is 0. The molecule has 0 spiro atoms. The van der Waals surface area contributed by atoms with Crippen LogP contribution in [0.5, 0.6) is 0 Å². The van der Waals surface area contributed by atoms with Crippen LogP contribution in [0.15, 0.2) is 0 Å². The highest BCUT2D eigenvalue weighted by molar-refractivity contribution is 6.81. The van der Waals surface area contributed by atoms with Gasteiger partial charge in [-0.2, -0.15) is 0 Å². The van der Waals surface area contributed by atoms with E-state index in [1.54, 1.807) is 14.2 Å². The third-order valence-electron chi connectivity index (χ3n) is 3.12. The number of rotatable bonds is 10. The molecule has 0 amide bonds. The van der Waals surface area contributed by atoms with Gasteiger partial charge >= 0.3 is 9.05 Å². The summed E-state index contributed by atoms with van der Waals surface area (Å²) in [6.07, 6.45) is 0. The number of hydrogen-bond donors (Lipinski definition) is 0. The molecule has 0 saturated carbocycles. The average molecular weight is 295 g/mol. The molecule has 4 nitrogen and oxygen atoms in total. The van der Waals surface area contributed by atoms with Crippen LogP contribution in [-0.4, -0.2) is 41.3 Å². The van der Waals surface area contributed by atoms with Crippen LogP contribution in [0.1, 0.15) is 27.7 Å². The molecule has 0 N–H and O–H groups in total. The third kappa shape index (κ3) is 4.93.